The summed E-state index contributed by atoms with van der Waals surface area (Å²) in [5, 5.41) is 3.69. The normalized spacial score (nSPS) is 20.6. The van der Waals surface area contributed by atoms with Crippen molar-refractivity contribution in [3.05, 3.63) is 70.6 Å². The maximum Gasteiger partial charge on any atom is 0.249 e. The summed E-state index contributed by atoms with van der Waals surface area (Å²) in [5.74, 6) is 0.829. The number of fused-ring (bicyclic) bond motifs is 2. The van der Waals surface area contributed by atoms with E-state index in [1.54, 1.807) is 12.3 Å². The molecule has 6 rings (SSSR count). The van der Waals surface area contributed by atoms with Crippen LogP contribution in [0.2, 0.25) is 0 Å². The molecule has 1 aromatic heterocycles. The van der Waals surface area contributed by atoms with Crippen molar-refractivity contribution in [2.75, 3.05) is 29.9 Å². The van der Waals surface area contributed by atoms with Gasteiger partial charge in [-0.15, -0.1) is 0 Å². The Labute approximate surface area is 202 Å². The molecule has 2 fully saturated rings. The molecule has 2 aliphatic heterocycles. The number of nitrogens with one attached hydrogen (secondary N) is 2. The monoisotopic (exact) mass is 477 g/mol. The van der Waals surface area contributed by atoms with Crippen LogP contribution in [0.5, 0.6) is 0 Å². The van der Waals surface area contributed by atoms with Gasteiger partial charge in [0.15, 0.2) is 0 Å². The zero-order valence-electron chi connectivity index (χ0n) is 18.5. The van der Waals surface area contributed by atoms with Crippen molar-refractivity contribution in [3.63, 3.8) is 0 Å². The molecule has 0 bridgehead atoms. The minimum atomic E-state index is -0.0726. The number of H-pyrrole nitrogens is 1. The Kier molecular flexibility index (Phi) is 5.64. The van der Waals surface area contributed by atoms with Gasteiger partial charge in [0.05, 0.1) is 6.61 Å². The average Bonchev–Trinajstić information content (AvgIpc) is 3.68. The van der Waals surface area contributed by atoms with Gasteiger partial charge in [-0.05, 0) is 61.6 Å². The van der Waals surface area contributed by atoms with Gasteiger partial charge in [0, 0.05) is 62.4 Å². The molecule has 1 saturated carbocycles. The van der Waals surface area contributed by atoms with Crippen molar-refractivity contribution >= 4 is 34.9 Å². The Hall–Kier alpha value is -2.35. The first kappa shape index (κ1) is 21.2. The van der Waals surface area contributed by atoms with Crippen LogP contribution < -0.4 is 15.8 Å². The van der Waals surface area contributed by atoms with E-state index < -0.39 is 0 Å². The number of aromatic nitrogens is 1. The summed E-state index contributed by atoms with van der Waals surface area (Å²) >= 11 is 3.70. The number of benzene rings is 2. The third-order valence-corrected chi connectivity index (χ3v) is 9.26. The van der Waals surface area contributed by atoms with Crippen LogP contribution in [0.1, 0.15) is 31.4 Å². The number of aromatic amines is 1. The van der Waals surface area contributed by atoms with E-state index in [2.05, 4.69) is 58.5 Å². The van der Waals surface area contributed by atoms with Gasteiger partial charge in [0.2, 0.25) is 5.56 Å². The maximum atomic E-state index is 11.8. The predicted molar refractivity (Wildman–Crippen MR) is 135 cm³/mol. The molecule has 170 valence electrons. The van der Waals surface area contributed by atoms with E-state index in [-0.39, 0.29) is 11.7 Å². The van der Waals surface area contributed by atoms with E-state index in [4.69, 9.17) is 4.74 Å². The van der Waals surface area contributed by atoms with Crippen molar-refractivity contribution in [1.82, 2.24) is 4.98 Å². The minimum Gasteiger partial charge on any atom is -0.382 e. The first-order chi connectivity index (χ1) is 16.1. The molecule has 5 nitrogen and oxygen atoms in total. The SMILES string of the molecule is CC(Nc1ccc2c(c1)Sc1cccc(C3CN(c4cc[nH]c(=O)c4)CCO3)c1S2)C1CC1. The molecule has 2 atom stereocenters. The molecule has 2 N–H and O–H groups in total. The number of ether oxygens (including phenoxy) is 1. The number of rotatable bonds is 5. The first-order valence-corrected chi connectivity index (χ1v) is 13.2. The fraction of sp³-hybridized carbons (Fsp3) is 0.346. The third kappa shape index (κ3) is 4.42. The number of hydrogen-bond donors (Lipinski definition) is 2. The van der Waals surface area contributed by atoms with Gasteiger partial charge >= 0.3 is 0 Å². The molecule has 33 heavy (non-hydrogen) atoms. The lowest BCUT2D eigenvalue weighted by Gasteiger charge is -2.36. The minimum absolute atomic E-state index is 0.0250. The first-order valence-electron chi connectivity index (χ1n) is 11.6. The molecule has 0 amide bonds. The number of hydrogen-bond acceptors (Lipinski definition) is 6. The molecular formula is C26H27N3O2S2. The van der Waals surface area contributed by atoms with E-state index in [9.17, 15) is 4.79 Å². The lowest BCUT2D eigenvalue weighted by molar-refractivity contribution is 0.0379. The van der Waals surface area contributed by atoms with E-state index in [1.807, 2.05) is 29.6 Å². The van der Waals surface area contributed by atoms with Crippen LogP contribution in [-0.2, 0) is 4.74 Å². The molecule has 0 radical (unpaired) electrons. The Morgan fingerprint density at radius 3 is 2.85 bits per heavy atom. The van der Waals surface area contributed by atoms with Crippen LogP contribution in [0.25, 0.3) is 0 Å². The Morgan fingerprint density at radius 2 is 2.00 bits per heavy atom. The third-order valence-electron chi connectivity index (χ3n) is 6.65. The lowest BCUT2D eigenvalue weighted by Crippen LogP contribution is -2.39. The molecule has 3 aliphatic rings. The molecule has 0 spiro atoms. The van der Waals surface area contributed by atoms with Gasteiger partial charge in [-0.25, -0.2) is 0 Å². The predicted octanol–water partition coefficient (Wildman–Crippen LogP) is 5.78. The fourth-order valence-corrected chi connectivity index (χ4v) is 7.10. The fourth-order valence-electron chi connectivity index (χ4n) is 4.65. The van der Waals surface area contributed by atoms with E-state index in [0.717, 1.165) is 24.7 Å². The number of nitrogens with zero attached hydrogens (tertiary/aromatic N) is 1. The molecular weight excluding hydrogens is 450 g/mol. The summed E-state index contributed by atoms with van der Waals surface area (Å²) < 4.78 is 6.23. The second kappa shape index (κ2) is 8.78. The summed E-state index contributed by atoms with van der Waals surface area (Å²) in [4.78, 5) is 21.9. The summed E-state index contributed by atoms with van der Waals surface area (Å²) in [6.07, 6.45) is 4.38. The highest BCUT2D eigenvalue weighted by Crippen LogP contribution is 2.52. The van der Waals surface area contributed by atoms with Crippen LogP contribution in [0.15, 0.2) is 79.1 Å². The topological polar surface area (TPSA) is 57.4 Å². The van der Waals surface area contributed by atoms with Crippen molar-refractivity contribution in [2.24, 2.45) is 5.92 Å². The smallest absolute Gasteiger partial charge is 0.249 e. The summed E-state index contributed by atoms with van der Waals surface area (Å²) in [7, 11) is 0. The standard InChI is InChI=1S/C26H27N3O2S2/c1-16(17-5-6-17)28-18-7-8-22-24(13-18)32-23-4-2-3-20(26(23)33-22)21-15-29(11-12-31-21)19-9-10-27-25(30)14-19/h2-4,7-10,13-14,16-17,21,28H,5-6,11-12,15H2,1H3,(H,27,30). The van der Waals surface area contributed by atoms with E-state index in [0.29, 0.717) is 12.6 Å². The summed E-state index contributed by atoms with van der Waals surface area (Å²) in [6, 6.07) is 17.5. The highest BCUT2D eigenvalue weighted by Gasteiger charge is 2.30. The molecule has 2 aromatic carbocycles. The van der Waals surface area contributed by atoms with Crippen molar-refractivity contribution in [2.45, 2.75) is 51.5 Å². The van der Waals surface area contributed by atoms with Crippen molar-refractivity contribution < 1.29 is 4.74 Å². The van der Waals surface area contributed by atoms with Gasteiger partial charge in [0.25, 0.3) is 0 Å². The quantitative estimate of drug-likeness (QED) is 0.380. The second-order valence-electron chi connectivity index (χ2n) is 9.03. The molecule has 1 saturated heterocycles. The number of anilines is 2. The van der Waals surface area contributed by atoms with Gasteiger partial charge in [-0.1, -0.05) is 35.7 Å². The molecule has 3 heterocycles. The maximum absolute atomic E-state index is 11.8. The molecule has 3 aromatic rings. The zero-order chi connectivity index (χ0) is 22.4. The van der Waals surface area contributed by atoms with Crippen LogP contribution in [-0.4, -0.2) is 30.7 Å². The summed E-state index contributed by atoms with van der Waals surface area (Å²) in [5.41, 5.74) is 3.32. The highest BCUT2D eigenvalue weighted by atomic mass is 32.2. The molecule has 1 aliphatic carbocycles. The molecule has 2 unspecified atom stereocenters. The summed E-state index contributed by atoms with van der Waals surface area (Å²) in [6.45, 7) is 4.46. The van der Waals surface area contributed by atoms with E-state index >= 15 is 0 Å². The van der Waals surface area contributed by atoms with Gasteiger partial charge < -0.3 is 19.9 Å². The average molecular weight is 478 g/mol. The number of morpholine rings is 1. The van der Waals surface area contributed by atoms with Gasteiger partial charge in [-0.2, -0.15) is 0 Å². The largest absolute Gasteiger partial charge is 0.382 e. The zero-order valence-corrected chi connectivity index (χ0v) is 20.2. The van der Waals surface area contributed by atoms with Crippen molar-refractivity contribution in [3.8, 4) is 0 Å². The van der Waals surface area contributed by atoms with Crippen LogP contribution >= 0.6 is 23.5 Å². The van der Waals surface area contributed by atoms with Gasteiger partial charge in [0.1, 0.15) is 6.10 Å². The number of pyridine rings is 1. The van der Waals surface area contributed by atoms with Gasteiger partial charge in [-0.3, -0.25) is 4.79 Å². The van der Waals surface area contributed by atoms with Crippen LogP contribution in [0.4, 0.5) is 11.4 Å². The van der Waals surface area contributed by atoms with E-state index in [1.165, 1.54) is 43.7 Å². The van der Waals surface area contributed by atoms with Crippen molar-refractivity contribution in [1.29, 1.82) is 0 Å². The Morgan fingerprint density at radius 1 is 1.09 bits per heavy atom. The molecule has 7 heteroatoms. The lowest BCUT2D eigenvalue weighted by atomic mass is 10.1. The Bertz CT molecular complexity index is 1240. The van der Waals surface area contributed by atoms with Crippen LogP contribution in [0, 0.1) is 5.92 Å². The highest BCUT2D eigenvalue weighted by molar-refractivity contribution is 8.05. The Balaban J connectivity index is 1.24. The van der Waals surface area contributed by atoms with Crippen LogP contribution in [0.3, 0.4) is 0 Å². The second-order valence-corrected chi connectivity index (χ2v) is 11.2.